The third-order valence-corrected chi connectivity index (χ3v) is 4.60. The Kier molecular flexibility index (Phi) is 3.41. The molecule has 0 radical (unpaired) electrons. The van der Waals surface area contributed by atoms with Crippen LogP contribution in [0.25, 0.3) is 0 Å². The first-order chi connectivity index (χ1) is 9.65. The van der Waals surface area contributed by atoms with E-state index in [-0.39, 0.29) is 11.4 Å². The fraction of sp³-hybridized carbons (Fsp3) is 0.333. The number of aromatic nitrogens is 2. The zero-order valence-electron chi connectivity index (χ0n) is 10.7. The van der Waals surface area contributed by atoms with Gasteiger partial charge in [0.25, 0.3) is 0 Å². The van der Waals surface area contributed by atoms with Crippen LogP contribution in [0.5, 0.6) is 0 Å². The molecule has 3 rings (SSSR count). The molecule has 1 aliphatic rings. The monoisotopic (exact) mass is 294 g/mol. The van der Waals surface area contributed by atoms with Crippen LogP contribution in [0, 0.1) is 0 Å². The van der Waals surface area contributed by atoms with E-state index in [1.807, 2.05) is 0 Å². The van der Waals surface area contributed by atoms with Gasteiger partial charge < -0.3 is 9.84 Å². The number of anilines is 1. The zero-order valence-corrected chi connectivity index (χ0v) is 11.5. The van der Waals surface area contributed by atoms with Gasteiger partial charge in [-0.15, -0.1) is 0 Å². The number of nitrogens with one attached hydrogen (secondary N) is 2. The molecule has 2 aromatic rings. The highest BCUT2D eigenvalue weighted by Gasteiger charge is 2.18. The standard InChI is InChI=1S/C12H14N4O3S/c17-20(18,15-6-4-12-14-8-19-16-12)10-1-2-11-9(7-10)3-5-13-11/h1-2,7-8,13,15H,3-6H2. The average Bonchev–Trinajstić information content (AvgIpc) is 3.08. The molecule has 0 unspecified atom stereocenters. The smallest absolute Gasteiger partial charge is 0.240 e. The molecule has 0 spiro atoms. The maximum atomic E-state index is 12.2. The maximum Gasteiger partial charge on any atom is 0.240 e. The number of nitrogens with zero attached hydrogens (tertiary/aromatic N) is 2. The second-order valence-electron chi connectivity index (χ2n) is 4.49. The van der Waals surface area contributed by atoms with Crippen LogP contribution < -0.4 is 10.0 Å². The number of fused-ring (bicyclic) bond motifs is 1. The molecule has 7 nitrogen and oxygen atoms in total. The van der Waals surface area contributed by atoms with Crippen molar-refractivity contribution < 1.29 is 12.9 Å². The summed E-state index contributed by atoms with van der Waals surface area (Å²) in [6.45, 7) is 1.08. The van der Waals surface area contributed by atoms with E-state index in [9.17, 15) is 8.42 Å². The molecule has 0 saturated carbocycles. The molecule has 8 heteroatoms. The first-order valence-corrected chi connectivity index (χ1v) is 7.75. The summed E-state index contributed by atoms with van der Waals surface area (Å²) in [6.07, 6.45) is 2.46. The van der Waals surface area contributed by atoms with E-state index in [0.717, 1.165) is 24.2 Å². The molecule has 2 heterocycles. The van der Waals surface area contributed by atoms with Crippen molar-refractivity contribution in [2.75, 3.05) is 18.4 Å². The van der Waals surface area contributed by atoms with Crippen LogP contribution in [0.3, 0.4) is 0 Å². The normalized spacial score (nSPS) is 14.0. The second-order valence-corrected chi connectivity index (χ2v) is 6.26. The van der Waals surface area contributed by atoms with Crippen molar-refractivity contribution >= 4 is 15.7 Å². The molecule has 0 fully saturated rings. The van der Waals surface area contributed by atoms with Gasteiger partial charge in [0.15, 0.2) is 5.82 Å². The molecule has 0 atom stereocenters. The molecule has 0 aliphatic carbocycles. The fourth-order valence-electron chi connectivity index (χ4n) is 2.13. The molecule has 0 bridgehead atoms. The maximum absolute atomic E-state index is 12.2. The van der Waals surface area contributed by atoms with E-state index in [1.54, 1.807) is 18.2 Å². The quantitative estimate of drug-likeness (QED) is 0.836. The number of hydrogen-bond donors (Lipinski definition) is 2. The predicted molar refractivity (Wildman–Crippen MR) is 71.8 cm³/mol. The Bertz CT molecular complexity index is 697. The van der Waals surface area contributed by atoms with E-state index in [1.165, 1.54) is 6.39 Å². The Morgan fingerprint density at radius 2 is 2.30 bits per heavy atom. The molecule has 106 valence electrons. The Hall–Kier alpha value is -1.93. The molecule has 1 aromatic carbocycles. The number of rotatable bonds is 5. The summed E-state index contributed by atoms with van der Waals surface area (Å²) in [5.74, 6) is 0.478. The van der Waals surface area contributed by atoms with Gasteiger partial charge >= 0.3 is 0 Å². The number of hydrogen-bond acceptors (Lipinski definition) is 6. The lowest BCUT2D eigenvalue weighted by Gasteiger charge is -2.07. The predicted octanol–water partition coefficient (Wildman–Crippen LogP) is 0.559. The van der Waals surface area contributed by atoms with Crippen LogP contribution in [-0.4, -0.2) is 31.6 Å². The van der Waals surface area contributed by atoms with Gasteiger partial charge in [-0.3, -0.25) is 0 Å². The highest BCUT2D eigenvalue weighted by molar-refractivity contribution is 7.89. The second kappa shape index (κ2) is 5.22. The Balaban J connectivity index is 1.68. The third kappa shape index (κ3) is 2.66. The van der Waals surface area contributed by atoms with Crippen LogP contribution in [0.2, 0.25) is 0 Å². The summed E-state index contributed by atoms with van der Waals surface area (Å²) in [6, 6.07) is 5.12. The minimum Gasteiger partial charge on any atom is -0.384 e. The van der Waals surface area contributed by atoms with Crippen molar-refractivity contribution in [1.82, 2.24) is 14.9 Å². The molecular formula is C12H14N4O3S. The van der Waals surface area contributed by atoms with Gasteiger partial charge in [-0.25, -0.2) is 13.1 Å². The molecular weight excluding hydrogens is 280 g/mol. The molecule has 2 N–H and O–H groups in total. The largest absolute Gasteiger partial charge is 0.384 e. The summed E-state index contributed by atoms with van der Waals surface area (Å²) in [5.41, 5.74) is 2.04. The lowest BCUT2D eigenvalue weighted by atomic mass is 10.2. The first kappa shape index (κ1) is 13.1. The van der Waals surface area contributed by atoms with E-state index < -0.39 is 10.0 Å². The van der Waals surface area contributed by atoms with E-state index in [4.69, 9.17) is 0 Å². The van der Waals surface area contributed by atoms with Crippen molar-refractivity contribution in [3.63, 3.8) is 0 Å². The van der Waals surface area contributed by atoms with Crippen LogP contribution >= 0.6 is 0 Å². The van der Waals surface area contributed by atoms with Crippen LogP contribution in [-0.2, 0) is 22.9 Å². The van der Waals surface area contributed by atoms with Gasteiger partial charge in [0, 0.05) is 25.2 Å². The van der Waals surface area contributed by atoms with Crippen LogP contribution in [0.15, 0.2) is 34.0 Å². The van der Waals surface area contributed by atoms with Crippen molar-refractivity contribution in [1.29, 1.82) is 0 Å². The van der Waals surface area contributed by atoms with Gasteiger partial charge in [-0.2, -0.15) is 4.98 Å². The topological polar surface area (TPSA) is 97.1 Å². The van der Waals surface area contributed by atoms with Crippen molar-refractivity contribution in [3.05, 3.63) is 36.0 Å². The summed E-state index contributed by atoms with van der Waals surface area (Å²) < 4.78 is 31.5. The molecule has 0 amide bonds. The summed E-state index contributed by atoms with van der Waals surface area (Å²) in [7, 11) is -3.50. The van der Waals surface area contributed by atoms with Gasteiger partial charge in [0.1, 0.15) is 0 Å². The minimum atomic E-state index is -3.50. The summed E-state index contributed by atoms with van der Waals surface area (Å²) in [5, 5.41) is 6.82. The van der Waals surface area contributed by atoms with E-state index in [2.05, 4.69) is 24.7 Å². The molecule has 1 aliphatic heterocycles. The number of benzene rings is 1. The minimum absolute atomic E-state index is 0.233. The highest BCUT2D eigenvalue weighted by Crippen LogP contribution is 2.24. The third-order valence-electron chi connectivity index (χ3n) is 3.14. The van der Waals surface area contributed by atoms with Gasteiger partial charge in [0.05, 0.1) is 4.90 Å². The zero-order chi connectivity index (χ0) is 14.0. The Labute approximate surface area is 116 Å². The summed E-state index contributed by atoms with van der Waals surface area (Å²) >= 11 is 0. The average molecular weight is 294 g/mol. The number of sulfonamides is 1. The highest BCUT2D eigenvalue weighted by atomic mass is 32.2. The Morgan fingerprint density at radius 1 is 1.40 bits per heavy atom. The van der Waals surface area contributed by atoms with Crippen LogP contribution in [0.1, 0.15) is 11.4 Å². The lowest BCUT2D eigenvalue weighted by Crippen LogP contribution is -2.26. The van der Waals surface area contributed by atoms with Gasteiger partial charge in [0.2, 0.25) is 16.4 Å². The Morgan fingerprint density at radius 3 is 3.10 bits per heavy atom. The van der Waals surface area contributed by atoms with Crippen molar-refractivity contribution in [2.45, 2.75) is 17.7 Å². The van der Waals surface area contributed by atoms with E-state index >= 15 is 0 Å². The van der Waals surface area contributed by atoms with Crippen LogP contribution in [0.4, 0.5) is 5.69 Å². The molecule has 1 aromatic heterocycles. The summed E-state index contributed by atoms with van der Waals surface area (Å²) in [4.78, 5) is 4.12. The first-order valence-electron chi connectivity index (χ1n) is 6.27. The van der Waals surface area contributed by atoms with E-state index in [0.29, 0.717) is 12.2 Å². The van der Waals surface area contributed by atoms with Crippen molar-refractivity contribution in [2.24, 2.45) is 0 Å². The van der Waals surface area contributed by atoms with Gasteiger partial charge in [-0.1, -0.05) is 5.16 Å². The fourth-order valence-corrected chi connectivity index (χ4v) is 3.21. The molecule has 0 saturated heterocycles. The van der Waals surface area contributed by atoms with Crippen molar-refractivity contribution in [3.8, 4) is 0 Å². The van der Waals surface area contributed by atoms with Gasteiger partial charge in [-0.05, 0) is 30.2 Å². The molecule has 20 heavy (non-hydrogen) atoms. The lowest BCUT2D eigenvalue weighted by molar-refractivity contribution is 0.410. The SMILES string of the molecule is O=S(=O)(NCCc1ncon1)c1ccc2c(c1)CCN2.